The van der Waals surface area contributed by atoms with E-state index >= 15 is 0 Å². The number of hydrogen-bond acceptors (Lipinski definition) is 12. The molecule has 2 unspecified atom stereocenters. The SMILES string of the molecule is Cc1nnc(C(C)(C#N)SCCSC(F)(F)F)s1.Cc1nnc(C(C)(CO)SCCSC(F)(F)F)s1. The van der Waals surface area contributed by atoms with Crippen LogP contribution in [0.5, 0.6) is 0 Å². The number of aryl methyl sites for hydroxylation is 2. The van der Waals surface area contributed by atoms with E-state index in [0.717, 1.165) is 21.8 Å². The number of halogens is 6. The maximum absolute atomic E-state index is 12.0. The van der Waals surface area contributed by atoms with E-state index in [-0.39, 0.29) is 47.4 Å². The Morgan fingerprint density at radius 1 is 0.750 bits per heavy atom. The lowest BCUT2D eigenvalue weighted by molar-refractivity contribution is -0.0335. The summed E-state index contributed by atoms with van der Waals surface area (Å²) in [6, 6.07) is 2.09. The maximum Gasteiger partial charge on any atom is 0.441 e. The van der Waals surface area contributed by atoms with E-state index in [2.05, 4.69) is 26.5 Å². The lowest BCUT2D eigenvalue weighted by Gasteiger charge is -2.23. The van der Waals surface area contributed by atoms with Crippen molar-refractivity contribution >= 4 is 69.7 Å². The van der Waals surface area contributed by atoms with Crippen molar-refractivity contribution in [2.75, 3.05) is 29.6 Å². The van der Waals surface area contributed by atoms with Crippen LogP contribution in [0, 0.1) is 25.2 Å². The molecule has 36 heavy (non-hydrogen) atoms. The fourth-order valence-corrected chi connectivity index (χ4v) is 7.29. The van der Waals surface area contributed by atoms with Crippen LogP contribution < -0.4 is 0 Å². The number of hydrogen-bond donors (Lipinski definition) is 1. The van der Waals surface area contributed by atoms with Crippen LogP contribution in [-0.4, -0.2) is 66.1 Å². The smallest absolute Gasteiger partial charge is 0.394 e. The van der Waals surface area contributed by atoms with E-state index in [1.165, 1.54) is 34.4 Å². The minimum absolute atomic E-state index is 0.0401. The van der Waals surface area contributed by atoms with Gasteiger partial charge >= 0.3 is 11.0 Å². The highest BCUT2D eigenvalue weighted by Crippen LogP contribution is 2.40. The first-order chi connectivity index (χ1) is 16.5. The van der Waals surface area contributed by atoms with Crippen LogP contribution in [-0.2, 0) is 9.49 Å². The molecule has 204 valence electrons. The predicted octanol–water partition coefficient (Wildman–Crippen LogP) is 6.61. The Morgan fingerprint density at radius 3 is 1.53 bits per heavy atom. The quantitative estimate of drug-likeness (QED) is 0.216. The van der Waals surface area contributed by atoms with Crippen molar-refractivity contribution in [3.05, 3.63) is 20.0 Å². The molecule has 2 rings (SSSR count). The van der Waals surface area contributed by atoms with E-state index in [4.69, 9.17) is 5.26 Å². The highest BCUT2D eigenvalue weighted by atomic mass is 32.2. The van der Waals surface area contributed by atoms with Crippen molar-refractivity contribution in [1.82, 2.24) is 20.4 Å². The summed E-state index contributed by atoms with van der Waals surface area (Å²) < 4.78 is 70.1. The minimum Gasteiger partial charge on any atom is -0.394 e. The molecule has 0 amide bonds. The number of aliphatic hydroxyl groups is 1. The molecule has 2 aromatic heterocycles. The van der Waals surface area contributed by atoms with Gasteiger partial charge in [0, 0.05) is 23.0 Å². The molecule has 0 saturated carbocycles. The number of thioether (sulfide) groups is 4. The first kappa shape index (κ1) is 33.6. The van der Waals surface area contributed by atoms with Crippen LogP contribution in [0.2, 0.25) is 0 Å². The van der Waals surface area contributed by atoms with Crippen LogP contribution in [0.15, 0.2) is 0 Å². The van der Waals surface area contributed by atoms with Gasteiger partial charge < -0.3 is 5.11 Å². The second-order valence-electron chi connectivity index (χ2n) is 7.07. The van der Waals surface area contributed by atoms with Crippen molar-refractivity contribution < 1.29 is 31.4 Å². The van der Waals surface area contributed by atoms with Gasteiger partial charge in [-0.3, -0.25) is 0 Å². The number of nitriles is 1. The highest BCUT2D eigenvalue weighted by molar-refractivity contribution is 8.04. The summed E-state index contributed by atoms with van der Waals surface area (Å²) in [6.07, 6.45) is 0. The summed E-state index contributed by atoms with van der Waals surface area (Å²) in [5.74, 6) is 0.400. The number of nitrogens with zero attached hydrogens (tertiary/aromatic N) is 5. The molecule has 0 aliphatic carbocycles. The van der Waals surface area contributed by atoms with Crippen LogP contribution >= 0.6 is 69.7 Å². The van der Waals surface area contributed by atoms with Gasteiger partial charge in [0.05, 0.1) is 17.4 Å². The average Bonchev–Trinajstić information content (AvgIpc) is 3.42. The third kappa shape index (κ3) is 12.4. The largest absolute Gasteiger partial charge is 0.441 e. The predicted molar refractivity (Wildman–Crippen MR) is 139 cm³/mol. The normalized spacial score (nSPS) is 15.4. The van der Waals surface area contributed by atoms with Crippen LogP contribution in [0.1, 0.15) is 33.9 Å². The molecule has 6 nitrogen and oxygen atoms in total. The highest BCUT2D eigenvalue weighted by Gasteiger charge is 2.34. The lowest BCUT2D eigenvalue weighted by Crippen LogP contribution is -2.23. The minimum atomic E-state index is -4.22. The molecule has 2 aromatic rings. The number of aliphatic hydroxyl groups excluding tert-OH is 1. The topological polar surface area (TPSA) is 95.6 Å². The zero-order chi connectivity index (χ0) is 27.6. The van der Waals surface area contributed by atoms with Crippen molar-refractivity contribution in [3.8, 4) is 6.07 Å². The Bertz CT molecular complexity index is 981. The van der Waals surface area contributed by atoms with Gasteiger partial charge in [-0.15, -0.1) is 55.3 Å². The molecular weight excluding hydrogens is 609 g/mol. The fraction of sp³-hybridized carbons (Fsp3) is 0.722. The molecule has 1 N–H and O–H groups in total. The molecule has 0 aromatic carbocycles. The van der Waals surface area contributed by atoms with Crippen molar-refractivity contribution in [2.45, 2.75) is 48.2 Å². The fourth-order valence-electron chi connectivity index (χ4n) is 2.14. The summed E-state index contributed by atoms with van der Waals surface area (Å²) in [6.45, 7) is 6.79. The molecule has 0 saturated heterocycles. The van der Waals surface area contributed by atoms with E-state index in [9.17, 15) is 31.4 Å². The van der Waals surface area contributed by atoms with E-state index in [1.807, 2.05) is 0 Å². The summed E-state index contributed by atoms with van der Waals surface area (Å²) in [5, 5.41) is 36.7. The Morgan fingerprint density at radius 2 is 1.17 bits per heavy atom. The zero-order valence-electron chi connectivity index (χ0n) is 19.4. The van der Waals surface area contributed by atoms with E-state index < -0.39 is 20.5 Å². The number of aromatic nitrogens is 4. The second kappa shape index (κ2) is 14.6. The van der Waals surface area contributed by atoms with Crippen molar-refractivity contribution in [2.24, 2.45) is 0 Å². The van der Waals surface area contributed by atoms with Gasteiger partial charge in [-0.05, 0) is 27.7 Å². The zero-order valence-corrected chi connectivity index (χ0v) is 24.3. The molecule has 2 heterocycles. The van der Waals surface area contributed by atoms with Gasteiger partial charge in [0.2, 0.25) is 0 Å². The van der Waals surface area contributed by atoms with Crippen LogP contribution in [0.3, 0.4) is 0 Å². The van der Waals surface area contributed by atoms with E-state index in [1.54, 1.807) is 27.7 Å². The monoisotopic (exact) mass is 631 g/mol. The number of alkyl halides is 6. The van der Waals surface area contributed by atoms with Crippen molar-refractivity contribution in [3.63, 3.8) is 0 Å². The average molecular weight is 632 g/mol. The van der Waals surface area contributed by atoms with Gasteiger partial charge in [0.25, 0.3) is 0 Å². The first-order valence-electron chi connectivity index (χ1n) is 9.86. The molecule has 2 atom stereocenters. The Hall–Kier alpha value is -0.450. The summed E-state index contributed by atoms with van der Waals surface area (Å²) in [5.41, 5.74) is -8.42. The summed E-state index contributed by atoms with van der Waals surface area (Å²) in [7, 11) is 0. The summed E-state index contributed by atoms with van der Waals surface area (Å²) in [4.78, 5) is 0. The van der Waals surface area contributed by atoms with Gasteiger partial charge in [-0.25, -0.2) is 0 Å². The van der Waals surface area contributed by atoms with Crippen LogP contribution in [0.25, 0.3) is 0 Å². The molecule has 0 radical (unpaired) electrons. The van der Waals surface area contributed by atoms with Gasteiger partial charge in [-0.1, -0.05) is 34.9 Å². The Balaban J connectivity index is 0.000000360. The molecule has 0 spiro atoms. The van der Waals surface area contributed by atoms with E-state index in [0.29, 0.717) is 15.8 Å². The second-order valence-corrected chi connectivity index (χ2v) is 14.9. The Kier molecular flexibility index (Phi) is 13.6. The molecular formula is C18H23F6N5OS6. The van der Waals surface area contributed by atoms with Gasteiger partial charge in [0.1, 0.15) is 20.0 Å². The van der Waals surface area contributed by atoms with Crippen molar-refractivity contribution in [1.29, 1.82) is 5.26 Å². The van der Waals surface area contributed by atoms with Gasteiger partial charge in [-0.2, -0.15) is 31.6 Å². The molecule has 18 heteroatoms. The Labute approximate surface area is 229 Å². The molecule has 0 fully saturated rings. The molecule has 0 bridgehead atoms. The maximum atomic E-state index is 12.0. The standard InChI is InChI=1S/C9H10F3N3S3.C9H13F3N2OS3/c1-6-14-15-7(18-6)8(2,5-13)16-3-4-17-9(10,11)12;1-6-13-14-7(18-6)8(2,5-15)16-3-4-17-9(10,11)12/h3-4H2,1-2H3;15H,3-5H2,1-2H3. The third-order valence-electron chi connectivity index (χ3n) is 3.94. The lowest BCUT2D eigenvalue weighted by atomic mass is 10.2. The summed E-state index contributed by atoms with van der Waals surface area (Å²) >= 11 is 4.94. The van der Waals surface area contributed by atoms with Crippen LogP contribution in [0.4, 0.5) is 26.3 Å². The molecule has 0 aliphatic heterocycles. The number of rotatable bonds is 11. The molecule has 0 aliphatic rings. The third-order valence-corrected chi connectivity index (χ3v) is 11.0. The first-order valence-corrected chi connectivity index (χ1v) is 15.4. The van der Waals surface area contributed by atoms with Gasteiger partial charge in [0.15, 0.2) is 4.75 Å².